The molecule has 0 spiro atoms. The Morgan fingerprint density at radius 3 is 3.00 bits per heavy atom. The van der Waals surface area contributed by atoms with Gasteiger partial charge in [0.1, 0.15) is 12.4 Å². The molecule has 0 radical (unpaired) electrons. The first-order chi connectivity index (χ1) is 12.3. The summed E-state index contributed by atoms with van der Waals surface area (Å²) < 4.78 is 21.9. The average molecular weight is 341 g/mol. The number of ether oxygens (including phenoxy) is 4. The van der Waals surface area contributed by atoms with E-state index < -0.39 is 6.10 Å². The number of rotatable bonds is 5. The average Bonchev–Trinajstić information content (AvgIpc) is 3.12. The normalized spacial score (nSPS) is 17.7. The van der Waals surface area contributed by atoms with Gasteiger partial charge in [0.2, 0.25) is 6.79 Å². The summed E-state index contributed by atoms with van der Waals surface area (Å²) in [7, 11) is 0. The van der Waals surface area contributed by atoms with Crippen molar-refractivity contribution >= 4 is 5.91 Å². The molecule has 0 saturated heterocycles. The van der Waals surface area contributed by atoms with Crippen LogP contribution in [0.15, 0.2) is 42.5 Å². The van der Waals surface area contributed by atoms with Crippen molar-refractivity contribution in [3.8, 4) is 17.2 Å². The third kappa shape index (κ3) is 3.39. The van der Waals surface area contributed by atoms with Crippen LogP contribution < -0.4 is 19.5 Å². The van der Waals surface area contributed by atoms with Gasteiger partial charge in [0.25, 0.3) is 5.91 Å². The number of hydrogen-bond donors (Lipinski definition) is 1. The Labute approximate surface area is 145 Å². The third-order valence-corrected chi connectivity index (χ3v) is 4.25. The van der Waals surface area contributed by atoms with E-state index in [1.165, 1.54) is 5.56 Å². The first-order valence-electron chi connectivity index (χ1n) is 8.31. The second kappa shape index (κ2) is 7.03. The third-order valence-electron chi connectivity index (χ3n) is 4.25. The van der Waals surface area contributed by atoms with Crippen LogP contribution in [-0.4, -0.2) is 32.5 Å². The molecule has 0 saturated carbocycles. The first-order valence-corrected chi connectivity index (χ1v) is 8.31. The zero-order valence-corrected chi connectivity index (χ0v) is 13.7. The van der Waals surface area contributed by atoms with Gasteiger partial charge in [0, 0.05) is 6.07 Å². The molecule has 130 valence electrons. The van der Waals surface area contributed by atoms with Gasteiger partial charge in [-0.1, -0.05) is 24.3 Å². The van der Waals surface area contributed by atoms with Gasteiger partial charge < -0.3 is 24.3 Å². The minimum atomic E-state index is -0.546. The minimum Gasteiger partial charge on any atom is -0.492 e. The topological polar surface area (TPSA) is 66.0 Å². The van der Waals surface area contributed by atoms with Crippen LogP contribution >= 0.6 is 0 Å². The SMILES string of the molecule is O=C(NCCOc1ccc2c(c1)OCO2)[C@H]1OCCc2ccccc21. The van der Waals surface area contributed by atoms with E-state index in [4.69, 9.17) is 18.9 Å². The molecule has 0 fully saturated rings. The van der Waals surface area contributed by atoms with E-state index in [0.717, 1.165) is 12.0 Å². The highest BCUT2D eigenvalue weighted by Crippen LogP contribution is 2.35. The standard InChI is InChI=1S/C19H19NO5/c21-19(18-15-4-2-1-3-13(15)7-9-23-18)20-8-10-22-14-5-6-16-17(11-14)25-12-24-16/h1-6,11,18H,7-10,12H2,(H,20,21)/t18-/m0/s1. The maximum atomic E-state index is 12.4. The summed E-state index contributed by atoms with van der Waals surface area (Å²) >= 11 is 0. The molecule has 1 atom stereocenters. The second-order valence-corrected chi connectivity index (χ2v) is 5.85. The first kappa shape index (κ1) is 15.8. The van der Waals surface area contributed by atoms with Crippen LogP contribution in [0.4, 0.5) is 0 Å². The number of fused-ring (bicyclic) bond motifs is 2. The maximum Gasteiger partial charge on any atom is 0.253 e. The van der Waals surface area contributed by atoms with E-state index in [2.05, 4.69) is 5.32 Å². The van der Waals surface area contributed by atoms with Gasteiger partial charge in [0.15, 0.2) is 17.6 Å². The molecule has 2 aliphatic rings. The maximum absolute atomic E-state index is 12.4. The molecule has 25 heavy (non-hydrogen) atoms. The minimum absolute atomic E-state index is 0.138. The lowest BCUT2D eigenvalue weighted by Gasteiger charge is -2.25. The zero-order chi connectivity index (χ0) is 17.1. The predicted octanol–water partition coefficient (Wildman–Crippen LogP) is 2.22. The number of nitrogens with one attached hydrogen (secondary N) is 1. The molecule has 0 aromatic heterocycles. The van der Waals surface area contributed by atoms with Crippen LogP contribution in [0.25, 0.3) is 0 Å². The van der Waals surface area contributed by atoms with E-state index in [1.807, 2.05) is 36.4 Å². The van der Waals surface area contributed by atoms with E-state index in [1.54, 1.807) is 6.07 Å². The lowest BCUT2D eigenvalue weighted by atomic mass is 9.97. The van der Waals surface area contributed by atoms with Crippen LogP contribution in [-0.2, 0) is 16.0 Å². The summed E-state index contributed by atoms with van der Waals surface area (Å²) in [6.07, 6.45) is 0.295. The number of amides is 1. The fourth-order valence-corrected chi connectivity index (χ4v) is 3.01. The molecule has 0 unspecified atom stereocenters. The summed E-state index contributed by atoms with van der Waals surface area (Å²) in [5, 5.41) is 2.87. The fraction of sp³-hybridized carbons (Fsp3) is 0.316. The molecule has 6 nitrogen and oxygen atoms in total. The highest BCUT2D eigenvalue weighted by atomic mass is 16.7. The summed E-state index contributed by atoms with van der Waals surface area (Å²) in [6, 6.07) is 13.3. The van der Waals surface area contributed by atoms with E-state index in [0.29, 0.717) is 37.0 Å². The number of hydrogen-bond acceptors (Lipinski definition) is 5. The number of benzene rings is 2. The highest BCUT2D eigenvalue weighted by Gasteiger charge is 2.26. The molecule has 1 amide bonds. The van der Waals surface area contributed by atoms with Gasteiger partial charge in [-0.25, -0.2) is 0 Å². The molecular weight excluding hydrogens is 322 g/mol. The van der Waals surface area contributed by atoms with Crippen molar-refractivity contribution in [2.45, 2.75) is 12.5 Å². The molecule has 2 aliphatic heterocycles. The summed E-state index contributed by atoms with van der Waals surface area (Å²) in [5.41, 5.74) is 2.12. The molecule has 6 heteroatoms. The van der Waals surface area contributed by atoms with E-state index in [9.17, 15) is 4.79 Å². The van der Waals surface area contributed by atoms with Gasteiger partial charge in [-0.15, -0.1) is 0 Å². The Balaban J connectivity index is 1.28. The van der Waals surface area contributed by atoms with Crippen LogP contribution in [0, 0.1) is 0 Å². The van der Waals surface area contributed by atoms with Crippen LogP contribution in [0.2, 0.25) is 0 Å². The van der Waals surface area contributed by atoms with Crippen molar-refractivity contribution in [1.82, 2.24) is 5.32 Å². The van der Waals surface area contributed by atoms with Crippen molar-refractivity contribution in [3.05, 3.63) is 53.6 Å². The molecule has 2 heterocycles. The van der Waals surface area contributed by atoms with E-state index >= 15 is 0 Å². The largest absolute Gasteiger partial charge is 0.492 e. The summed E-state index contributed by atoms with van der Waals surface area (Å²) in [5.74, 6) is 1.93. The van der Waals surface area contributed by atoms with Gasteiger partial charge in [-0.2, -0.15) is 0 Å². The molecule has 0 aliphatic carbocycles. The van der Waals surface area contributed by atoms with Crippen molar-refractivity contribution < 1.29 is 23.7 Å². The summed E-state index contributed by atoms with van der Waals surface area (Å²) in [4.78, 5) is 12.4. The van der Waals surface area contributed by atoms with E-state index in [-0.39, 0.29) is 12.7 Å². The Bertz CT molecular complexity index is 776. The van der Waals surface area contributed by atoms with Gasteiger partial charge in [0.05, 0.1) is 13.2 Å². The van der Waals surface area contributed by atoms with Gasteiger partial charge in [-0.05, 0) is 29.7 Å². The van der Waals surface area contributed by atoms with Gasteiger partial charge >= 0.3 is 0 Å². The monoisotopic (exact) mass is 341 g/mol. The smallest absolute Gasteiger partial charge is 0.253 e. The lowest BCUT2D eigenvalue weighted by Crippen LogP contribution is -2.35. The Kier molecular flexibility index (Phi) is 4.43. The molecule has 1 N–H and O–H groups in total. The van der Waals surface area contributed by atoms with Crippen molar-refractivity contribution in [1.29, 1.82) is 0 Å². The molecule has 2 aromatic rings. The molecular formula is C19H19NO5. The quantitative estimate of drug-likeness (QED) is 0.845. The van der Waals surface area contributed by atoms with Gasteiger partial charge in [-0.3, -0.25) is 4.79 Å². The highest BCUT2D eigenvalue weighted by molar-refractivity contribution is 5.82. The fourth-order valence-electron chi connectivity index (χ4n) is 3.01. The number of carbonyl (C=O) groups excluding carboxylic acids is 1. The lowest BCUT2D eigenvalue weighted by molar-refractivity contribution is -0.134. The number of carbonyl (C=O) groups is 1. The Morgan fingerprint density at radius 1 is 1.16 bits per heavy atom. The predicted molar refractivity (Wildman–Crippen MR) is 89.9 cm³/mol. The van der Waals surface area contributed by atoms with Crippen molar-refractivity contribution in [3.63, 3.8) is 0 Å². The second-order valence-electron chi connectivity index (χ2n) is 5.85. The van der Waals surface area contributed by atoms with Crippen LogP contribution in [0.1, 0.15) is 17.2 Å². The van der Waals surface area contributed by atoms with Crippen molar-refractivity contribution in [2.75, 3.05) is 26.6 Å². The molecule has 4 rings (SSSR count). The molecule has 2 aromatic carbocycles. The Hall–Kier alpha value is -2.73. The zero-order valence-electron chi connectivity index (χ0n) is 13.7. The Morgan fingerprint density at radius 2 is 2.04 bits per heavy atom. The van der Waals surface area contributed by atoms with Crippen LogP contribution in [0.5, 0.6) is 17.2 Å². The molecule has 0 bridgehead atoms. The van der Waals surface area contributed by atoms with Crippen molar-refractivity contribution in [2.24, 2.45) is 0 Å². The summed E-state index contributed by atoms with van der Waals surface area (Å²) in [6.45, 7) is 1.55. The van der Waals surface area contributed by atoms with Crippen LogP contribution in [0.3, 0.4) is 0 Å².